The first-order valence-electron chi connectivity index (χ1n) is 5.06. The van der Waals surface area contributed by atoms with Gasteiger partial charge >= 0.3 is 0 Å². The highest BCUT2D eigenvalue weighted by molar-refractivity contribution is 7.99. The van der Waals surface area contributed by atoms with Crippen molar-refractivity contribution >= 4 is 29.1 Å². The predicted molar refractivity (Wildman–Crippen MR) is 67.8 cm³/mol. The van der Waals surface area contributed by atoms with Gasteiger partial charge in [0.25, 0.3) is 0 Å². The van der Waals surface area contributed by atoms with Gasteiger partial charge in [-0.3, -0.25) is 4.79 Å². The van der Waals surface area contributed by atoms with Crippen LogP contribution in [0.1, 0.15) is 18.9 Å². The molecular formula is C12H15ClOS. The monoisotopic (exact) mass is 242 g/mol. The van der Waals surface area contributed by atoms with Gasteiger partial charge in [-0.05, 0) is 29.9 Å². The molecule has 82 valence electrons. The molecule has 0 spiro atoms. The number of rotatable bonds is 6. The molecule has 0 aromatic heterocycles. The van der Waals surface area contributed by atoms with Gasteiger partial charge in [0.05, 0.1) is 5.75 Å². The van der Waals surface area contributed by atoms with Gasteiger partial charge in [-0.25, -0.2) is 0 Å². The van der Waals surface area contributed by atoms with Crippen LogP contribution in [0.5, 0.6) is 0 Å². The molecule has 0 atom stereocenters. The van der Waals surface area contributed by atoms with E-state index in [-0.39, 0.29) is 5.78 Å². The van der Waals surface area contributed by atoms with Crippen LogP contribution in [0.4, 0.5) is 0 Å². The summed E-state index contributed by atoms with van der Waals surface area (Å²) in [6.45, 7) is 2.12. The molecule has 0 saturated carbocycles. The van der Waals surface area contributed by atoms with Gasteiger partial charge < -0.3 is 0 Å². The molecule has 0 N–H and O–H groups in total. The van der Waals surface area contributed by atoms with E-state index in [1.807, 2.05) is 24.3 Å². The maximum Gasteiger partial charge on any atom is 0.147 e. The van der Waals surface area contributed by atoms with Crippen LogP contribution in [0.25, 0.3) is 0 Å². The lowest BCUT2D eigenvalue weighted by atomic mass is 10.1. The van der Waals surface area contributed by atoms with E-state index in [0.717, 1.165) is 17.7 Å². The van der Waals surface area contributed by atoms with E-state index in [1.54, 1.807) is 11.8 Å². The van der Waals surface area contributed by atoms with Crippen molar-refractivity contribution in [2.24, 2.45) is 0 Å². The fraction of sp³-hybridized carbons (Fsp3) is 0.417. The normalized spacial score (nSPS) is 10.3. The van der Waals surface area contributed by atoms with Gasteiger partial charge in [-0.2, -0.15) is 11.8 Å². The van der Waals surface area contributed by atoms with E-state index in [1.165, 1.54) is 0 Å². The highest BCUT2D eigenvalue weighted by atomic mass is 35.5. The summed E-state index contributed by atoms with van der Waals surface area (Å²) in [6, 6.07) is 7.49. The van der Waals surface area contributed by atoms with Crippen LogP contribution in [0.2, 0.25) is 5.02 Å². The van der Waals surface area contributed by atoms with Crippen LogP contribution >= 0.6 is 23.4 Å². The molecule has 0 saturated heterocycles. The van der Waals surface area contributed by atoms with E-state index in [2.05, 4.69) is 6.92 Å². The fourth-order valence-corrected chi connectivity index (χ4v) is 2.23. The summed E-state index contributed by atoms with van der Waals surface area (Å²) in [7, 11) is 0. The Kier molecular flexibility index (Phi) is 5.81. The van der Waals surface area contributed by atoms with Gasteiger partial charge in [0.15, 0.2) is 0 Å². The summed E-state index contributed by atoms with van der Waals surface area (Å²) < 4.78 is 0. The zero-order valence-corrected chi connectivity index (χ0v) is 10.4. The molecule has 1 aromatic rings. The Hall–Kier alpha value is -0.470. The summed E-state index contributed by atoms with van der Waals surface area (Å²) in [4.78, 5) is 11.5. The summed E-state index contributed by atoms with van der Waals surface area (Å²) in [6.07, 6.45) is 1.62. The zero-order valence-electron chi connectivity index (χ0n) is 8.83. The minimum atomic E-state index is 0.274. The number of carbonyl (C=O) groups is 1. The van der Waals surface area contributed by atoms with E-state index in [0.29, 0.717) is 17.2 Å². The van der Waals surface area contributed by atoms with Gasteiger partial charge in [0.1, 0.15) is 5.78 Å². The Labute approximate surface area is 100 Å². The minimum absolute atomic E-state index is 0.274. The van der Waals surface area contributed by atoms with Crippen molar-refractivity contribution in [3.63, 3.8) is 0 Å². The molecule has 0 unspecified atom stereocenters. The van der Waals surface area contributed by atoms with Crippen molar-refractivity contribution in [2.75, 3.05) is 11.5 Å². The number of ketones is 1. The molecule has 1 nitrogen and oxygen atoms in total. The molecule has 1 aromatic carbocycles. The molecule has 0 aliphatic carbocycles. The Morgan fingerprint density at radius 1 is 1.47 bits per heavy atom. The number of halogens is 1. The average Bonchev–Trinajstić information content (AvgIpc) is 2.18. The van der Waals surface area contributed by atoms with Crippen LogP contribution < -0.4 is 0 Å². The van der Waals surface area contributed by atoms with Crippen molar-refractivity contribution < 1.29 is 4.79 Å². The third-order valence-electron chi connectivity index (χ3n) is 1.90. The van der Waals surface area contributed by atoms with Crippen LogP contribution in [0.3, 0.4) is 0 Å². The molecule has 0 bridgehead atoms. The fourth-order valence-electron chi connectivity index (χ4n) is 1.26. The zero-order chi connectivity index (χ0) is 11.1. The largest absolute Gasteiger partial charge is 0.298 e. The molecular weight excluding hydrogens is 228 g/mol. The molecule has 1 rings (SSSR count). The second-order valence-electron chi connectivity index (χ2n) is 3.40. The third kappa shape index (κ3) is 5.24. The third-order valence-corrected chi connectivity index (χ3v) is 3.36. The number of carbonyl (C=O) groups excluding carboxylic acids is 1. The van der Waals surface area contributed by atoms with Crippen molar-refractivity contribution in [3.05, 3.63) is 34.9 Å². The summed E-state index contributed by atoms with van der Waals surface area (Å²) in [5, 5.41) is 0.696. The predicted octanol–water partition coefficient (Wildman–Crippen LogP) is 3.59. The lowest BCUT2D eigenvalue weighted by Crippen LogP contribution is -2.06. The van der Waals surface area contributed by atoms with Gasteiger partial charge in [-0.15, -0.1) is 0 Å². The Bertz CT molecular complexity index is 325. The van der Waals surface area contributed by atoms with Crippen LogP contribution in [0, 0.1) is 0 Å². The highest BCUT2D eigenvalue weighted by Gasteiger charge is 2.03. The topological polar surface area (TPSA) is 17.1 Å². The summed E-state index contributed by atoms with van der Waals surface area (Å²) >= 11 is 7.54. The Morgan fingerprint density at radius 3 is 2.93 bits per heavy atom. The Balaban J connectivity index is 2.37. The van der Waals surface area contributed by atoms with Crippen LogP contribution in [-0.4, -0.2) is 17.3 Å². The molecule has 15 heavy (non-hydrogen) atoms. The smallest absolute Gasteiger partial charge is 0.147 e. The van der Waals surface area contributed by atoms with E-state index < -0.39 is 0 Å². The van der Waals surface area contributed by atoms with Crippen molar-refractivity contribution in [3.8, 4) is 0 Å². The maximum absolute atomic E-state index is 11.5. The quantitative estimate of drug-likeness (QED) is 0.709. The van der Waals surface area contributed by atoms with Crippen LogP contribution in [0.15, 0.2) is 24.3 Å². The van der Waals surface area contributed by atoms with E-state index >= 15 is 0 Å². The molecule has 0 fully saturated rings. The maximum atomic E-state index is 11.5. The molecule has 3 heteroatoms. The van der Waals surface area contributed by atoms with Gasteiger partial charge in [0.2, 0.25) is 0 Å². The minimum Gasteiger partial charge on any atom is -0.298 e. The van der Waals surface area contributed by atoms with Crippen molar-refractivity contribution in [2.45, 2.75) is 19.8 Å². The second-order valence-corrected chi connectivity index (χ2v) is 4.94. The van der Waals surface area contributed by atoms with E-state index in [4.69, 9.17) is 11.6 Å². The summed E-state index contributed by atoms with van der Waals surface area (Å²) in [5.41, 5.74) is 1.00. The number of Topliss-reactive ketones (excluding diaryl/α,β-unsaturated/α-hetero) is 1. The second kappa shape index (κ2) is 6.91. The van der Waals surface area contributed by atoms with E-state index in [9.17, 15) is 4.79 Å². The Morgan fingerprint density at radius 2 is 2.27 bits per heavy atom. The number of benzene rings is 1. The van der Waals surface area contributed by atoms with Gasteiger partial charge in [-0.1, -0.05) is 30.7 Å². The summed E-state index contributed by atoms with van der Waals surface area (Å²) in [5.74, 6) is 1.94. The highest BCUT2D eigenvalue weighted by Crippen LogP contribution is 2.12. The molecule has 0 aliphatic heterocycles. The van der Waals surface area contributed by atoms with Gasteiger partial charge in [0, 0.05) is 11.4 Å². The van der Waals surface area contributed by atoms with Crippen molar-refractivity contribution in [1.29, 1.82) is 0 Å². The number of hydrogen-bond acceptors (Lipinski definition) is 2. The molecule has 0 radical (unpaired) electrons. The molecule has 0 heterocycles. The first-order valence-corrected chi connectivity index (χ1v) is 6.59. The molecule has 0 aliphatic rings. The first kappa shape index (κ1) is 12.6. The van der Waals surface area contributed by atoms with Crippen LogP contribution in [-0.2, 0) is 11.2 Å². The molecule has 0 amide bonds. The SMILES string of the molecule is CCCSCC(=O)Cc1cccc(Cl)c1. The first-order chi connectivity index (χ1) is 7.22. The lowest BCUT2D eigenvalue weighted by molar-refractivity contribution is -0.115. The number of thioether (sulfide) groups is 1. The lowest BCUT2D eigenvalue weighted by Gasteiger charge is -2.01. The number of hydrogen-bond donors (Lipinski definition) is 0. The average molecular weight is 243 g/mol. The standard InChI is InChI=1S/C12H15ClOS/c1-2-6-15-9-12(14)8-10-4-3-5-11(13)7-10/h3-5,7H,2,6,8-9H2,1H3. The van der Waals surface area contributed by atoms with Crippen molar-refractivity contribution in [1.82, 2.24) is 0 Å².